The van der Waals surface area contributed by atoms with E-state index in [0.717, 1.165) is 29.7 Å². The summed E-state index contributed by atoms with van der Waals surface area (Å²) in [6.45, 7) is 4.90. The van der Waals surface area contributed by atoms with Crippen LogP contribution in [0.3, 0.4) is 0 Å². The number of rotatable bonds is 11. The van der Waals surface area contributed by atoms with Crippen molar-refractivity contribution < 1.29 is 14.3 Å². The summed E-state index contributed by atoms with van der Waals surface area (Å²) in [6, 6.07) is 16.9. The maximum absolute atomic E-state index is 13.1. The smallest absolute Gasteiger partial charge is 0.243 e. The topological polar surface area (TPSA) is 58.6 Å². The molecule has 0 spiro atoms. The van der Waals surface area contributed by atoms with Crippen molar-refractivity contribution in [3.8, 4) is 5.75 Å². The third kappa shape index (κ3) is 6.93. The number of benzene rings is 2. The van der Waals surface area contributed by atoms with Crippen LogP contribution in [0.1, 0.15) is 44.2 Å². The molecule has 2 amide bonds. The van der Waals surface area contributed by atoms with Crippen molar-refractivity contribution in [2.24, 2.45) is 0 Å². The van der Waals surface area contributed by atoms with E-state index >= 15 is 0 Å². The number of nitrogens with zero attached hydrogens (tertiary/aromatic N) is 1. The number of carbonyl (C=O) groups excluding carboxylic acids is 2. The van der Waals surface area contributed by atoms with Crippen molar-refractivity contribution in [1.82, 2.24) is 10.2 Å². The molecule has 2 aromatic rings. The number of ether oxygens (including phenoxy) is 1. The summed E-state index contributed by atoms with van der Waals surface area (Å²) in [5.74, 6) is 0.588. The molecule has 2 rings (SSSR count). The molecule has 0 aliphatic heterocycles. The van der Waals surface area contributed by atoms with Gasteiger partial charge in [0.2, 0.25) is 11.8 Å². The molecule has 0 saturated carbocycles. The minimum atomic E-state index is -0.562. The number of methoxy groups -OCH3 is 1. The minimum Gasteiger partial charge on any atom is -0.497 e. The van der Waals surface area contributed by atoms with E-state index in [0.29, 0.717) is 25.9 Å². The SMILES string of the molecule is CCCCNC(=O)[C@@H](Cc1ccccc1)N(Cc1cccc(OC)c1)C(=O)CC. The van der Waals surface area contributed by atoms with Crippen molar-refractivity contribution in [2.75, 3.05) is 13.7 Å². The summed E-state index contributed by atoms with van der Waals surface area (Å²) in [4.78, 5) is 27.6. The van der Waals surface area contributed by atoms with Gasteiger partial charge in [-0.25, -0.2) is 0 Å². The molecule has 0 unspecified atom stereocenters. The average Bonchev–Trinajstić information content (AvgIpc) is 2.76. The third-order valence-corrected chi connectivity index (χ3v) is 4.89. The second-order valence-electron chi connectivity index (χ2n) is 7.08. The molecule has 0 aromatic heterocycles. The predicted octanol–water partition coefficient (Wildman–Crippen LogP) is 3.96. The van der Waals surface area contributed by atoms with Crippen LogP contribution in [-0.2, 0) is 22.6 Å². The van der Waals surface area contributed by atoms with E-state index in [4.69, 9.17) is 4.74 Å². The number of hydrogen-bond acceptors (Lipinski definition) is 3. The van der Waals surface area contributed by atoms with E-state index in [9.17, 15) is 9.59 Å². The second-order valence-corrected chi connectivity index (χ2v) is 7.08. The van der Waals surface area contributed by atoms with Gasteiger partial charge in [-0.3, -0.25) is 9.59 Å². The predicted molar refractivity (Wildman–Crippen MR) is 116 cm³/mol. The van der Waals surface area contributed by atoms with Crippen LogP contribution >= 0.6 is 0 Å². The largest absolute Gasteiger partial charge is 0.497 e. The maximum atomic E-state index is 13.1. The monoisotopic (exact) mass is 396 g/mol. The number of hydrogen-bond donors (Lipinski definition) is 1. The molecule has 0 heterocycles. The standard InChI is InChI=1S/C24H32N2O3/c1-4-6-15-25-24(28)22(17-19-11-8-7-9-12-19)26(23(27)5-2)18-20-13-10-14-21(16-20)29-3/h7-14,16,22H,4-6,15,17-18H2,1-3H3,(H,25,28)/t22-/m1/s1. The van der Waals surface area contributed by atoms with E-state index < -0.39 is 6.04 Å². The van der Waals surface area contributed by atoms with Crippen LogP contribution in [0.4, 0.5) is 0 Å². The lowest BCUT2D eigenvalue weighted by molar-refractivity contribution is -0.141. The van der Waals surface area contributed by atoms with Gasteiger partial charge in [-0.1, -0.05) is 62.7 Å². The molecular formula is C24H32N2O3. The highest BCUT2D eigenvalue weighted by Gasteiger charge is 2.29. The Bertz CT molecular complexity index is 777. The molecule has 2 aromatic carbocycles. The molecule has 0 fully saturated rings. The molecule has 0 aliphatic carbocycles. The van der Waals surface area contributed by atoms with Crippen molar-refractivity contribution >= 4 is 11.8 Å². The van der Waals surface area contributed by atoms with Gasteiger partial charge in [0.25, 0.3) is 0 Å². The first-order valence-electron chi connectivity index (χ1n) is 10.3. The van der Waals surface area contributed by atoms with Crippen molar-refractivity contribution in [2.45, 2.75) is 52.1 Å². The van der Waals surface area contributed by atoms with E-state index in [-0.39, 0.29) is 11.8 Å². The summed E-state index contributed by atoms with van der Waals surface area (Å²) in [5.41, 5.74) is 1.97. The average molecular weight is 397 g/mol. The fraction of sp³-hybridized carbons (Fsp3) is 0.417. The lowest BCUT2D eigenvalue weighted by atomic mass is 10.0. The molecule has 29 heavy (non-hydrogen) atoms. The molecule has 0 bridgehead atoms. The van der Waals surface area contributed by atoms with Crippen LogP contribution in [0.25, 0.3) is 0 Å². The highest BCUT2D eigenvalue weighted by molar-refractivity contribution is 5.87. The van der Waals surface area contributed by atoms with Gasteiger partial charge in [0.1, 0.15) is 11.8 Å². The Morgan fingerprint density at radius 1 is 1.03 bits per heavy atom. The zero-order chi connectivity index (χ0) is 21.1. The molecular weight excluding hydrogens is 364 g/mol. The van der Waals surface area contributed by atoms with Gasteiger partial charge < -0.3 is 15.0 Å². The Labute approximate surface area is 174 Å². The first-order valence-corrected chi connectivity index (χ1v) is 10.3. The van der Waals surface area contributed by atoms with Gasteiger partial charge in [0.15, 0.2) is 0 Å². The highest BCUT2D eigenvalue weighted by Crippen LogP contribution is 2.19. The van der Waals surface area contributed by atoms with E-state index in [1.165, 1.54) is 0 Å². The first-order chi connectivity index (χ1) is 14.1. The summed E-state index contributed by atoms with van der Waals surface area (Å²) in [7, 11) is 1.62. The fourth-order valence-electron chi connectivity index (χ4n) is 3.23. The second kappa shape index (κ2) is 11.9. The molecule has 0 saturated heterocycles. The molecule has 5 heteroatoms. The molecule has 1 N–H and O–H groups in total. The van der Waals surface area contributed by atoms with Gasteiger partial charge in [-0.05, 0) is 29.7 Å². The van der Waals surface area contributed by atoms with E-state index in [1.54, 1.807) is 12.0 Å². The van der Waals surface area contributed by atoms with Crippen LogP contribution in [0.5, 0.6) is 5.75 Å². The third-order valence-electron chi connectivity index (χ3n) is 4.89. The van der Waals surface area contributed by atoms with Gasteiger partial charge in [0, 0.05) is 25.9 Å². The van der Waals surface area contributed by atoms with Gasteiger partial charge in [-0.2, -0.15) is 0 Å². The summed E-state index contributed by atoms with van der Waals surface area (Å²) in [6.07, 6.45) is 2.75. The quantitative estimate of drug-likeness (QED) is 0.585. The van der Waals surface area contributed by atoms with Crippen LogP contribution < -0.4 is 10.1 Å². The maximum Gasteiger partial charge on any atom is 0.243 e. The first kappa shape index (κ1) is 22.5. The highest BCUT2D eigenvalue weighted by atomic mass is 16.5. The number of amides is 2. The van der Waals surface area contributed by atoms with E-state index in [1.807, 2.05) is 61.5 Å². The Morgan fingerprint density at radius 3 is 2.41 bits per heavy atom. The summed E-state index contributed by atoms with van der Waals surface area (Å²) < 4.78 is 5.31. The van der Waals surface area contributed by atoms with Gasteiger partial charge >= 0.3 is 0 Å². The van der Waals surface area contributed by atoms with Crippen LogP contribution in [0.2, 0.25) is 0 Å². The van der Waals surface area contributed by atoms with Crippen molar-refractivity contribution in [1.29, 1.82) is 0 Å². The zero-order valence-corrected chi connectivity index (χ0v) is 17.7. The normalized spacial score (nSPS) is 11.6. The number of nitrogens with one attached hydrogen (secondary N) is 1. The Balaban J connectivity index is 2.31. The number of carbonyl (C=O) groups is 2. The Kier molecular flexibility index (Phi) is 9.22. The van der Waals surface area contributed by atoms with E-state index in [2.05, 4.69) is 12.2 Å². The van der Waals surface area contributed by atoms with Crippen LogP contribution in [0.15, 0.2) is 54.6 Å². The van der Waals surface area contributed by atoms with Crippen molar-refractivity contribution in [3.05, 3.63) is 65.7 Å². The molecule has 0 aliphatic rings. The fourth-order valence-corrected chi connectivity index (χ4v) is 3.23. The van der Waals surface area contributed by atoms with Gasteiger partial charge in [-0.15, -0.1) is 0 Å². The van der Waals surface area contributed by atoms with Crippen LogP contribution in [0, 0.1) is 0 Å². The van der Waals surface area contributed by atoms with Crippen LogP contribution in [-0.4, -0.2) is 36.4 Å². The summed E-state index contributed by atoms with van der Waals surface area (Å²) in [5, 5.41) is 3.01. The number of unbranched alkanes of at least 4 members (excludes halogenated alkanes) is 1. The zero-order valence-electron chi connectivity index (χ0n) is 17.7. The molecule has 156 valence electrons. The Morgan fingerprint density at radius 2 is 1.76 bits per heavy atom. The Hall–Kier alpha value is -2.82. The molecule has 0 radical (unpaired) electrons. The molecule has 1 atom stereocenters. The summed E-state index contributed by atoms with van der Waals surface area (Å²) >= 11 is 0. The lowest BCUT2D eigenvalue weighted by Crippen LogP contribution is -2.50. The lowest BCUT2D eigenvalue weighted by Gasteiger charge is -2.31. The molecule has 5 nitrogen and oxygen atoms in total. The van der Waals surface area contributed by atoms with Crippen molar-refractivity contribution in [3.63, 3.8) is 0 Å². The minimum absolute atomic E-state index is 0.0422. The van der Waals surface area contributed by atoms with Gasteiger partial charge in [0.05, 0.1) is 7.11 Å².